The lowest BCUT2D eigenvalue weighted by molar-refractivity contribution is -0.139. The van der Waals surface area contributed by atoms with Gasteiger partial charge in [-0.3, -0.25) is 13.9 Å². The quantitative estimate of drug-likeness (QED) is 0.397. The average molecular weight is 566 g/mol. The molecule has 196 valence electrons. The Labute approximate surface area is 225 Å². The van der Waals surface area contributed by atoms with Crippen molar-refractivity contribution in [2.75, 3.05) is 24.2 Å². The topological polar surface area (TPSA) is 86.8 Å². The van der Waals surface area contributed by atoms with E-state index in [4.69, 9.17) is 23.2 Å². The second-order valence-corrected chi connectivity index (χ2v) is 11.1. The maximum absolute atomic E-state index is 13.8. The van der Waals surface area contributed by atoms with E-state index < -0.39 is 40.2 Å². The number of anilines is 1. The molecule has 2 amide bonds. The summed E-state index contributed by atoms with van der Waals surface area (Å²) in [5.41, 5.74) is 1.44. The molecule has 0 unspecified atom stereocenters. The Bertz CT molecular complexity index is 1360. The molecule has 0 fully saturated rings. The van der Waals surface area contributed by atoms with E-state index >= 15 is 0 Å². The number of amides is 2. The van der Waals surface area contributed by atoms with Crippen LogP contribution in [0.25, 0.3) is 0 Å². The number of nitrogens with zero attached hydrogens (tertiary/aromatic N) is 2. The second kappa shape index (κ2) is 12.4. The van der Waals surface area contributed by atoms with Crippen molar-refractivity contribution in [1.82, 2.24) is 10.2 Å². The van der Waals surface area contributed by atoms with Crippen LogP contribution in [-0.4, -0.2) is 51.0 Å². The molecule has 0 radical (unpaired) electrons. The monoisotopic (exact) mass is 565 g/mol. The number of nitrogens with one attached hydrogen (secondary N) is 1. The number of likely N-dealkylation sites (N-methyl/N-ethyl adjacent to an activating group) is 1. The summed E-state index contributed by atoms with van der Waals surface area (Å²) in [6, 6.07) is 17.7. The van der Waals surface area contributed by atoms with Crippen molar-refractivity contribution in [2.45, 2.75) is 19.0 Å². The number of carbonyl (C=O) groups is 2. The molecule has 0 bridgehead atoms. The number of hydrogen-bond acceptors (Lipinski definition) is 4. The van der Waals surface area contributed by atoms with Gasteiger partial charge in [0.15, 0.2) is 0 Å². The summed E-state index contributed by atoms with van der Waals surface area (Å²) in [5.74, 6) is -1.63. The molecule has 0 aromatic heterocycles. The zero-order valence-corrected chi connectivity index (χ0v) is 22.5. The molecule has 7 nitrogen and oxygen atoms in total. The SMILES string of the molecule is CNC(=O)[C@H](Cc1ccccc1)N(Cc1ccc(Cl)cc1Cl)C(=O)CN(c1ccc(F)cc1)S(C)(=O)=O. The Balaban J connectivity index is 2.04. The number of hydrogen-bond donors (Lipinski definition) is 1. The van der Waals surface area contributed by atoms with E-state index in [0.29, 0.717) is 15.6 Å². The first-order chi connectivity index (χ1) is 17.5. The van der Waals surface area contributed by atoms with E-state index in [9.17, 15) is 22.4 Å². The molecule has 3 aromatic carbocycles. The molecule has 37 heavy (non-hydrogen) atoms. The molecule has 11 heteroatoms. The summed E-state index contributed by atoms with van der Waals surface area (Å²) in [6.45, 7) is -0.696. The van der Waals surface area contributed by atoms with Crippen LogP contribution in [0, 0.1) is 5.82 Å². The second-order valence-electron chi connectivity index (χ2n) is 8.32. The maximum Gasteiger partial charge on any atom is 0.244 e. The molecule has 1 N–H and O–H groups in total. The highest BCUT2D eigenvalue weighted by atomic mass is 35.5. The highest BCUT2D eigenvalue weighted by molar-refractivity contribution is 7.92. The van der Waals surface area contributed by atoms with Gasteiger partial charge >= 0.3 is 0 Å². The highest BCUT2D eigenvalue weighted by Gasteiger charge is 2.33. The van der Waals surface area contributed by atoms with E-state index in [1.165, 1.54) is 30.1 Å². The van der Waals surface area contributed by atoms with Crippen LogP contribution in [0.3, 0.4) is 0 Å². The van der Waals surface area contributed by atoms with E-state index in [-0.39, 0.29) is 18.7 Å². The largest absolute Gasteiger partial charge is 0.357 e. The van der Waals surface area contributed by atoms with Gasteiger partial charge in [-0.15, -0.1) is 0 Å². The lowest BCUT2D eigenvalue weighted by Crippen LogP contribution is -2.52. The zero-order valence-electron chi connectivity index (χ0n) is 20.2. The molecule has 0 spiro atoms. The molecule has 0 aliphatic carbocycles. The summed E-state index contributed by atoms with van der Waals surface area (Å²) in [5, 5.41) is 3.28. The Morgan fingerprint density at radius 1 is 1.00 bits per heavy atom. The van der Waals surface area contributed by atoms with Crippen molar-refractivity contribution in [3.8, 4) is 0 Å². The smallest absolute Gasteiger partial charge is 0.244 e. The maximum atomic E-state index is 13.8. The predicted octanol–water partition coefficient (Wildman–Crippen LogP) is 4.28. The molecule has 3 aromatic rings. The summed E-state index contributed by atoms with van der Waals surface area (Å²) in [7, 11) is -2.48. The molecule has 0 saturated carbocycles. The minimum absolute atomic E-state index is 0.0826. The van der Waals surface area contributed by atoms with Gasteiger partial charge in [-0.05, 0) is 47.5 Å². The summed E-state index contributed by atoms with van der Waals surface area (Å²) >= 11 is 12.4. The van der Waals surface area contributed by atoms with E-state index in [1.54, 1.807) is 12.1 Å². The van der Waals surface area contributed by atoms with Gasteiger partial charge < -0.3 is 10.2 Å². The third kappa shape index (κ3) is 7.67. The molecule has 0 aliphatic rings. The van der Waals surface area contributed by atoms with Crippen LogP contribution in [-0.2, 0) is 32.6 Å². The molecule has 0 aliphatic heterocycles. The fourth-order valence-electron chi connectivity index (χ4n) is 3.78. The van der Waals surface area contributed by atoms with Gasteiger partial charge in [0.1, 0.15) is 18.4 Å². The number of halogens is 3. The van der Waals surface area contributed by atoms with Gasteiger partial charge in [0.25, 0.3) is 0 Å². The molecule has 0 heterocycles. The van der Waals surface area contributed by atoms with Crippen LogP contribution >= 0.6 is 23.2 Å². The Hall–Kier alpha value is -3.14. The van der Waals surface area contributed by atoms with Crippen molar-refractivity contribution in [1.29, 1.82) is 0 Å². The molecule has 0 saturated heterocycles. The lowest BCUT2D eigenvalue weighted by atomic mass is 10.0. The summed E-state index contributed by atoms with van der Waals surface area (Å²) in [4.78, 5) is 28.1. The van der Waals surface area contributed by atoms with Gasteiger partial charge in [0.05, 0.1) is 11.9 Å². The van der Waals surface area contributed by atoms with Gasteiger partial charge in [0.2, 0.25) is 21.8 Å². The first-order valence-corrected chi connectivity index (χ1v) is 13.8. The standard InChI is InChI=1S/C26H26Cl2FN3O4S/c1-30-26(34)24(14-18-6-4-3-5-7-18)31(16-19-8-9-20(27)15-23(19)28)25(33)17-32(37(2,35)36)22-12-10-21(29)11-13-22/h3-13,15,24H,14,16-17H2,1-2H3,(H,30,34)/t24-/m0/s1. The van der Waals surface area contributed by atoms with Crippen LogP contribution < -0.4 is 9.62 Å². The summed E-state index contributed by atoms with van der Waals surface area (Å²) in [6.07, 6.45) is 1.12. The fourth-order valence-corrected chi connectivity index (χ4v) is 5.09. The predicted molar refractivity (Wildman–Crippen MR) is 144 cm³/mol. The third-order valence-electron chi connectivity index (χ3n) is 5.67. The first-order valence-electron chi connectivity index (χ1n) is 11.2. The van der Waals surface area contributed by atoms with Crippen molar-refractivity contribution in [2.24, 2.45) is 0 Å². The normalized spacial score (nSPS) is 12.0. The molecular weight excluding hydrogens is 540 g/mol. The zero-order chi connectivity index (χ0) is 27.2. The van der Waals surface area contributed by atoms with Gasteiger partial charge in [-0.2, -0.15) is 0 Å². The van der Waals surface area contributed by atoms with Gasteiger partial charge in [-0.25, -0.2) is 12.8 Å². The van der Waals surface area contributed by atoms with Crippen molar-refractivity contribution < 1.29 is 22.4 Å². The van der Waals surface area contributed by atoms with Crippen LogP contribution in [0.1, 0.15) is 11.1 Å². The fraction of sp³-hybridized carbons (Fsp3) is 0.231. The lowest BCUT2D eigenvalue weighted by Gasteiger charge is -2.33. The van der Waals surface area contributed by atoms with Crippen LogP contribution in [0.5, 0.6) is 0 Å². The van der Waals surface area contributed by atoms with Crippen molar-refractivity contribution >= 4 is 50.7 Å². The van der Waals surface area contributed by atoms with Crippen molar-refractivity contribution in [3.05, 3.63) is 99.8 Å². The van der Waals surface area contributed by atoms with Gasteiger partial charge in [0, 0.05) is 30.1 Å². The van der Waals surface area contributed by atoms with Crippen LogP contribution in [0.2, 0.25) is 10.0 Å². The van der Waals surface area contributed by atoms with E-state index in [1.807, 2.05) is 30.3 Å². The highest BCUT2D eigenvalue weighted by Crippen LogP contribution is 2.25. The average Bonchev–Trinajstić information content (AvgIpc) is 2.86. The number of carbonyl (C=O) groups excluding carboxylic acids is 2. The van der Waals surface area contributed by atoms with Crippen LogP contribution in [0.4, 0.5) is 10.1 Å². The van der Waals surface area contributed by atoms with Crippen molar-refractivity contribution in [3.63, 3.8) is 0 Å². The molecular formula is C26H26Cl2FN3O4S. The minimum Gasteiger partial charge on any atom is -0.357 e. The first kappa shape index (κ1) is 28.4. The molecule has 1 atom stereocenters. The van der Waals surface area contributed by atoms with E-state index in [0.717, 1.165) is 28.3 Å². The number of rotatable bonds is 10. The van der Waals surface area contributed by atoms with E-state index in [2.05, 4.69) is 5.32 Å². The summed E-state index contributed by atoms with van der Waals surface area (Å²) < 4.78 is 39.6. The van der Waals surface area contributed by atoms with Gasteiger partial charge in [-0.1, -0.05) is 59.6 Å². The minimum atomic E-state index is -3.94. The Morgan fingerprint density at radius 2 is 1.65 bits per heavy atom. The van der Waals surface area contributed by atoms with Crippen LogP contribution in [0.15, 0.2) is 72.8 Å². The molecule has 3 rings (SSSR count). The Morgan fingerprint density at radius 3 is 2.22 bits per heavy atom. The number of sulfonamides is 1. The number of benzene rings is 3. The third-order valence-corrected chi connectivity index (χ3v) is 7.39. The Kier molecular flexibility index (Phi) is 9.53.